The molecule has 0 radical (unpaired) electrons. The summed E-state index contributed by atoms with van der Waals surface area (Å²) in [7, 11) is 0. The van der Waals surface area contributed by atoms with Crippen molar-refractivity contribution in [1.82, 2.24) is 5.32 Å². The highest BCUT2D eigenvalue weighted by Gasteiger charge is 2.29. The molecule has 3 rings (SSSR count). The van der Waals surface area contributed by atoms with E-state index >= 15 is 0 Å². The third-order valence-electron chi connectivity index (χ3n) is 3.49. The molecule has 4 heteroatoms. The number of nitrogens with one attached hydrogen (secondary N) is 1. The van der Waals surface area contributed by atoms with Gasteiger partial charge in [-0.15, -0.1) is 0 Å². The van der Waals surface area contributed by atoms with Crippen LogP contribution in [-0.2, 0) is 11.2 Å². The number of benzene rings is 1. The minimum atomic E-state index is -0.453. The maximum atomic E-state index is 12.2. The molecule has 0 saturated heterocycles. The average Bonchev–Trinajstić information content (AvgIpc) is 3.04. The third kappa shape index (κ3) is 2.41. The van der Waals surface area contributed by atoms with Gasteiger partial charge in [0.25, 0.3) is 5.91 Å². The Morgan fingerprint density at radius 2 is 2.10 bits per heavy atom. The third-order valence-corrected chi connectivity index (χ3v) is 3.49. The molecule has 2 unspecified atom stereocenters. The van der Waals surface area contributed by atoms with Gasteiger partial charge in [0.1, 0.15) is 17.3 Å². The van der Waals surface area contributed by atoms with Crippen LogP contribution in [0.5, 0.6) is 5.75 Å². The van der Waals surface area contributed by atoms with Crippen molar-refractivity contribution < 1.29 is 13.9 Å². The number of carbonyl (C=O) groups excluding carboxylic acids is 1. The van der Waals surface area contributed by atoms with E-state index in [9.17, 15) is 4.79 Å². The maximum Gasteiger partial charge on any atom is 0.262 e. The zero-order valence-corrected chi connectivity index (χ0v) is 11.6. The van der Waals surface area contributed by atoms with E-state index in [1.807, 2.05) is 50.2 Å². The lowest BCUT2D eigenvalue weighted by Gasteiger charge is -2.15. The van der Waals surface area contributed by atoms with Crippen LogP contribution in [0.25, 0.3) is 0 Å². The molecule has 1 amide bonds. The number of para-hydroxylation sites is 1. The van der Waals surface area contributed by atoms with Crippen LogP contribution in [0.15, 0.2) is 40.8 Å². The topological polar surface area (TPSA) is 51.5 Å². The molecule has 0 saturated carbocycles. The first kappa shape index (κ1) is 12.8. The van der Waals surface area contributed by atoms with Gasteiger partial charge < -0.3 is 14.5 Å². The minimum Gasteiger partial charge on any atom is -0.480 e. The first-order valence-electron chi connectivity index (χ1n) is 6.75. The van der Waals surface area contributed by atoms with E-state index in [0.717, 1.165) is 22.8 Å². The van der Waals surface area contributed by atoms with Crippen molar-refractivity contribution in [1.29, 1.82) is 0 Å². The second-order valence-corrected chi connectivity index (χ2v) is 5.10. The van der Waals surface area contributed by atoms with Crippen molar-refractivity contribution in [3.8, 4) is 5.75 Å². The largest absolute Gasteiger partial charge is 0.480 e. The molecular formula is C16H17NO3. The molecule has 1 N–H and O–H groups in total. The SMILES string of the molecule is Cc1ccc(C(C)NC(=O)C2Cc3ccccc3O2)o1. The molecule has 1 aliphatic rings. The van der Waals surface area contributed by atoms with Crippen molar-refractivity contribution >= 4 is 5.91 Å². The van der Waals surface area contributed by atoms with Gasteiger partial charge in [-0.05, 0) is 37.6 Å². The summed E-state index contributed by atoms with van der Waals surface area (Å²) in [5, 5.41) is 2.93. The highest BCUT2D eigenvalue weighted by molar-refractivity contribution is 5.82. The number of amides is 1. The van der Waals surface area contributed by atoms with Crippen LogP contribution in [0, 0.1) is 6.92 Å². The second kappa shape index (κ2) is 5.04. The summed E-state index contributed by atoms with van der Waals surface area (Å²) >= 11 is 0. The van der Waals surface area contributed by atoms with Crippen molar-refractivity contribution in [3.63, 3.8) is 0 Å². The fourth-order valence-electron chi connectivity index (χ4n) is 2.39. The highest BCUT2D eigenvalue weighted by Crippen LogP contribution is 2.28. The molecule has 4 nitrogen and oxygen atoms in total. The van der Waals surface area contributed by atoms with Crippen LogP contribution in [0.1, 0.15) is 30.0 Å². The minimum absolute atomic E-state index is 0.109. The molecule has 2 heterocycles. The highest BCUT2D eigenvalue weighted by atomic mass is 16.5. The number of ether oxygens (including phenoxy) is 1. The number of rotatable bonds is 3. The molecule has 20 heavy (non-hydrogen) atoms. The zero-order valence-electron chi connectivity index (χ0n) is 11.6. The van der Waals surface area contributed by atoms with Gasteiger partial charge in [-0.3, -0.25) is 4.79 Å². The number of carbonyl (C=O) groups is 1. The van der Waals surface area contributed by atoms with Crippen LogP contribution in [0.4, 0.5) is 0 Å². The monoisotopic (exact) mass is 271 g/mol. The Bertz CT molecular complexity index is 607. The number of fused-ring (bicyclic) bond motifs is 1. The fourth-order valence-corrected chi connectivity index (χ4v) is 2.39. The van der Waals surface area contributed by atoms with Crippen molar-refractivity contribution in [2.75, 3.05) is 0 Å². The maximum absolute atomic E-state index is 12.2. The van der Waals surface area contributed by atoms with Gasteiger partial charge in [-0.25, -0.2) is 0 Å². The van der Waals surface area contributed by atoms with Crippen LogP contribution >= 0.6 is 0 Å². The fraction of sp³-hybridized carbons (Fsp3) is 0.312. The Balaban J connectivity index is 1.64. The average molecular weight is 271 g/mol. The van der Waals surface area contributed by atoms with E-state index in [1.165, 1.54) is 0 Å². The predicted octanol–water partition coefficient (Wildman–Crippen LogP) is 2.77. The first-order valence-corrected chi connectivity index (χ1v) is 6.75. The normalized spacial score (nSPS) is 18.2. The second-order valence-electron chi connectivity index (χ2n) is 5.10. The Hall–Kier alpha value is -2.23. The van der Waals surface area contributed by atoms with Crippen LogP contribution in [-0.4, -0.2) is 12.0 Å². The van der Waals surface area contributed by atoms with Gasteiger partial charge in [0.2, 0.25) is 0 Å². The molecular weight excluding hydrogens is 254 g/mol. The van der Waals surface area contributed by atoms with Crippen molar-refractivity contribution in [2.45, 2.75) is 32.4 Å². The lowest BCUT2D eigenvalue weighted by molar-refractivity contribution is -0.128. The lowest BCUT2D eigenvalue weighted by atomic mass is 10.1. The van der Waals surface area contributed by atoms with Crippen molar-refractivity contribution in [3.05, 3.63) is 53.5 Å². The Labute approximate surface area is 117 Å². The standard InChI is InChI=1S/C16H17NO3/c1-10-7-8-13(19-10)11(2)17-16(18)15-9-12-5-3-4-6-14(12)20-15/h3-8,11,15H,9H2,1-2H3,(H,17,18). The van der Waals surface area contributed by atoms with Gasteiger partial charge in [0.05, 0.1) is 6.04 Å². The summed E-state index contributed by atoms with van der Waals surface area (Å²) in [5.74, 6) is 2.29. The first-order chi connectivity index (χ1) is 9.63. The molecule has 0 fully saturated rings. The molecule has 0 spiro atoms. The molecule has 0 bridgehead atoms. The van der Waals surface area contributed by atoms with Crippen LogP contribution in [0.2, 0.25) is 0 Å². The molecule has 2 aromatic rings. The Morgan fingerprint density at radius 1 is 1.30 bits per heavy atom. The molecule has 0 aliphatic carbocycles. The van der Waals surface area contributed by atoms with E-state index in [0.29, 0.717) is 6.42 Å². The quantitative estimate of drug-likeness (QED) is 0.934. The summed E-state index contributed by atoms with van der Waals surface area (Å²) in [5.41, 5.74) is 1.08. The van der Waals surface area contributed by atoms with E-state index in [1.54, 1.807) is 0 Å². The van der Waals surface area contributed by atoms with E-state index < -0.39 is 6.10 Å². The molecule has 2 atom stereocenters. The molecule has 1 aromatic heterocycles. The Morgan fingerprint density at radius 3 is 2.80 bits per heavy atom. The summed E-state index contributed by atoms with van der Waals surface area (Å²) in [6.07, 6.45) is 0.164. The van der Waals surface area contributed by atoms with Gasteiger partial charge in [-0.2, -0.15) is 0 Å². The van der Waals surface area contributed by atoms with E-state index in [-0.39, 0.29) is 11.9 Å². The summed E-state index contributed by atoms with van der Waals surface area (Å²) in [6, 6.07) is 11.3. The Kier molecular flexibility index (Phi) is 3.22. The van der Waals surface area contributed by atoms with Gasteiger partial charge >= 0.3 is 0 Å². The predicted molar refractivity (Wildman–Crippen MR) is 74.6 cm³/mol. The summed E-state index contributed by atoms with van der Waals surface area (Å²) in [4.78, 5) is 12.2. The summed E-state index contributed by atoms with van der Waals surface area (Å²) < 4.78 is 11.2. The van der Waals surface area contributed by atoms with Crippen LogP contribution in [0.3, 0.4) is 0 Å². The smallest absolute Gasteiger partial charge is 0.262 e. The van der Waals surface area contributed by atoms with Gasteiger partial charge in [-0.1, -0.05) is 18.2 Å². The molecule has 104 valence electrons. The number of aryl methyl sites for hydroxylation is 1. The van der Waals surface area contributed by atoms with E-state index in [4.69, 9.17) is 9.15 Å². The summed E-state index contributed by atoms with van der Waals surface area (Å²) in [6.45, 7) is 3.78. The lowest BCUT2D eigenvalue weighted by Crippen LogP contribution is -2.38. The van der Waals surface area contributed by atoms with Gasteiger partial charge in [0, 0.05) is 6.42 Å². The number of furan rings is 1. The van der Waals surface area contributed by atoms with E-state index in [2.05, 4.69) is 5.32 Å². The number of hydrogen-bond donors (Lipinski definition) is 1. The number of hydrogen-bond acceptors (Lipinski definition) is 3. The van der Waals surface area contributed by atoms with Gasteiger partial charge in [0.15, 0.2) is 6.10 Å². The van der Waals surface area contributed by atoms with Crippen molar-refractivity contribution in [2.24, 2.45) is 0 Å². The molecule has 1 aromatic carbocycles. The van der Waals surface area contributed by atoms with Crippen LogP contribution < -0.4 is 10.1 Å². The molecule has 1 aliphatic heterocycles. The zero-order chi connectivity index (χ0) is 14.1.